The zero-order valence-corrected chi connectivity index (χ0v) is 9.25. The molecule has 0 spiro atoms. The van der Waals surface area contributed by atoms with E-state index in [0.29, 0.717) is 17.2 Å². The summed E-state index contributed by atoms with van der Waals surface area (Å²) in [5.41, 5.74) is 0.368. The van der Waals surface area contributed by atoms with Crippen molar-refractivity contribution in [1.29, 1.82) is 5.26 Å². The highest BCUT2D eigenvalue weighted by Gasteiger charge is 1.99. The van der Waals surface area contributed by atoms with Gasteiger partial charge in [-0.05, 0) is 36.4 Å². The normalized spacial score (nSPS) is 9.41. The number of nitriles is 1. The summed E-state index contributed by atoms with van der Waals surface area (Å²) in [4.78, 5) is 3.92. The Bertz CT molecular complexity index is 527. The number of rotatable bonds is 3. The summed E-state index contributed by atoms with van der Waals surface area (Å²) in [7, 11) is 1.61. The highest BCUT2D eigenvalue weighted by atomic mass is 16.5. The largest absolute Gasteiger partial charge is 0.497 e. The van der Waals surface area contributed by atoms with Crippen molar-refractivity contribution < 1.29 is 9.47 Å². The van der Waals surface area contributed by atoms with Gasteiger partial charge in [-0.25, -0.2) is 4.98 Å². The Balaban J connectivity index is 2.11. The predicted molar refractivity (Wildman–Crippen MR) is 62.0 cm³/mol. The molecule has 0 fully saturated rings. The molecule has 0 saturated heterocycles. The molecule has 0 aliphatic heterocycles. The van der Waals surface area contributed by atoms with E-state index in [0.717, 1.165) is 5.75 Å². The highest BCUT2D eigenvalue weighted by Crippen LogP contribution is 2.22. The maximum Gasteiger partial charge on any atom is 0.145 e. The van der Waals surface area contributed by atoms with Gasteiger partial charge in [-0.3, -0.25) is 0 Å². The van der Waals surface area contributed by atoms with E-state index < -0.39 is 0 Å². The zero-order valence-electron chi connectivity index (χ0n) is 9.25. The van der Waals surface area contributed by atoms with Crippen LogP contribution in [0.5, 0.6) is 17.2 Å². The molecule has 0 radical (unpaired) electrons. The number of nitrogens with zero attached hydrogens (tertiary/aromatic N) is 2. The van der Waals surface area contributed by atoms with Crippen LogP contribution < -0.4 is 9.47 Å². The smallest absolute Gasteiger partial charge is 0.145 e. The summed E-state index contributed by atoms with van der Waals surface area (Å²) in [6.45, 7) is 0. The van der Waals surface area contributed by atoms with Crippen molar-refractivity contribution in [2.24, 2.45) is 0 Å². The Labute approximate surface area is 99.1 Å². The monoisotopic (exact) mass is 226 g/mol. The van der Waals surface area contributed by atoms with Gasteiger partial charge in [0.05, 0.1) is 13.3 Å². The topological polar surface area (TPSA) is 55.1 Å². The average molecular weight is 226 g/mol. The molecule has 0 bridgehead atoms. The van der Waals surface area contributed by atoms with Gasteiger partial charge in [0.15, 0.2) is 0 Å². The number of hydrogen-bond donors (Lipinski definition) is 0. The van der Waals surface area contributed by atoms with Crippen LogP contribution in [0.2, 0.25) is 0 Å². The van der Waals surface area contributed by atoms with Gasteiger partial charge >= 0.3 is 0 Å². The number of pyridine rings is 1. The van der Waals surface area contributed by atoms with Gasteiger partial charge in [0, 0.05) is 0 Å². The van der Waals surface area contributed by atoms with Crippen molar-refractivity contribution in [1.82, 2.24) is 4.98 Å². The van der Waals surface area contributed by atoms with Crippen LogP contribution in [0.1, 0.15) is 5.69 Å². The third-order valence-corrected chi connectivity index (χ3v) is 2.15. The summed E-state index contributed by atoms with van der Waals surface area (Å²) in [5, 5.41) is 8.61. The van der Waals surface area contributed by atoms with Crippen LogP contribution in [-0.4, -0.2) is 12.1 Å². The molecule has 0 N–H and O–H groups in total. The number of benzene rings is 1. The van der Waals surface area contributed by atoms with E-state index in [9.17, 15) is 0 Å². The highest BCUT2D eigenvalue weighted by molar-refractivity contribution is 5.35. The third kappa shape index (κ3) is 2.73. The minimum Gasteiger partial charge on any atom is -0.497 e. The van der Waals surface area contributed by atoms with Crippen molar-refractivity contribution in [3.63, 3.8) is 0 Å². The Morgan fingerprint density at radius 3 is 2.18 bits per heavy atom. The lowest BCUT2D eigenvalue weighted by atomic mass is 10.3. The first-order valence-electron chi connectivity index (χ1n) is 5.00. The lowest BCUT2D eigenvalue weighted by Gasteiger charge is -2.05. The van der Waals surface area contributed by atoms with Crippen molar-refractivity contribution in [3.8, 4) is 23.3 Å². The molecule has 4 nitrogen and oxygen atoms in total. The Morgan fingerprint density at radius 1 is 1.00 bits per heavy atom. The van der Waals surface area contributed by atoms with Gasteiger partial charge in [-0.15, -0.1) is 0 Å². The fourth-order valence-corrected chi connectivity index (χ4v) is 1.29. The average Bonchev–Trinajstić information content (AvgIpc) is 2.40. The molecule has 0 aliphatic carbocycles. The van der Waals surface area contributed by atoms with E-state index in [2.05, 4.69) is 4.98 Å². The van der Waals surface area contributed by atoms with Crippen LogP contribution in [0, 0.1) is 11.3 Å². The van der Waals surface area contributed by atoms with Gasteiger partial charge in [-0.2, -0.15) is 5.26 Å². The molecule has 17 heavy (non-hydrogen) atoms. The van der Waals surface area contributed by atoms with Crippen LogP contribution in [0.15, 0.2) is 42.6 Å². The number of methoxy groups -OCH3 is 1. The molecule has 0 saturated carbocycles. The first-order chi connectivity index (χ1) is 8.31. The van der Waals surface area contributed by atoms with E-state index in [1.165, 1.54) is 6.20 Å². The molecule has 2 aromatic rings. The number of aromatic nitrogens is 1. The molecule has 0 amide bonds. The molecular weight excluding hydrogens is 216 g/mol. The minimum absolute atomic E-state index is 0.368. The lowest BCUT2D eigenvalue weighted by Crippen LogP contribution is -1.87. The second kappa shape index (κ2) is 4.99. The molecule has 2 rings (SSSR count). The van der Waals surface area contributed by atoms with Crippen LogP contribution in [0.25, 0.3) is 0 Å². The molecule has 4 heteroatoms. The standard InChI is InChI=1S/C13H10N2O2/c1-16-11-4-6-12(7-5-11)17-13-3-2-10(8-14)15-9-13/h2-7,9H,1H3. The minimum atomic E-state index is 0.368. The van der Waals surface area contributed by atoms with E-state index >= 15 is 0 Å². The molecule has 0 aliphatic rings. The van der Waals surface area contributed by atoms with Gasteiger partial charge in [0.2, 0.25) is 0 Å². The first-order valence-corrected chi connectivity index (χ1v) is 5.00. The molecule has 1 aromatic heterocycles. The van der Waals surface area contributed by atoms with Gasteiger partial charge < -0.3 is 9.47 Å². The number of hydrogen-bond acceptors (Lipinski definition) is 4. The quantitative estimate of drug-likeness (QED) is 0.807. The van der Waals surface area contributed by atoms with Gasteiger partial charge in [-0.1, -0.05) is 0 Å². The van der Waals surface area contributed by atoms with E-state index in [1.54, 1.807) is 31.4 Å². The molecule has 1 heterocycles. The van der Waals surface area contributed by atoms with Crippen molar-refractivity contribution >= 4 is 0 Å². The fraction of sp³-hybridized carbons (Fsp3) is 0.0769. The summed E-state index contributed by atoms with van der Waals surface area (Å²) in [6, 6.07) is 12.5. The van der Waals surface area contributed by atoms with Crippen LogP contribution in [0.4, 0.5) is 0 Å². The van der Waals surface area contributed by atoms with Crippen molar-refractivity contribution in [2.45, 2.75) is 0 Å². The van der Waals surface area contributed by atoms with Crippen molar-refractivity contribution in [3.05, 3.63) is 48.3 Å². The molecule has 0 atom stereocenters. The van der Waals surface area contributed by atoms with Gasteiger partial charge in [0.25, 0.3) is 0 Å². The molecule has 84 valence electrons. The van der Waals surface area contributed by atoms with Crippen molar-refractivity contribution in [2.75, 3.05) is 7.11 Å². The first kappa shape index (κ1) is 11.0. The summed E-state index contributed by atoms with van der Waals surface area (Å²) in [5.74, 6) is 2.06. The third-order valence-electron chi connectivity index (χ3n) is 2.15. The summed E-state index contributed by atoms with van der Waals surface area (Å²) < 4.78 is 10.6. The van der Waals surface area contributed by atoms with Gasteiger partial charge in [0.1, 0.15) is 29.0 Å². The fourth-order valence-electron chi connectivity index (χ4n) is 1.29. The SMILES string of the molecule is COc1ccc(Oc2ccc(C#N)nc2)cc1. The Kier molecular flexibility index (Phi) is 3.22. The van der Waals surface area contributed by atoms with Crippen LogP contribution in [0.3, 0.4) is 0 Å². The Morgan fingerprint density at radius 2 is 1.65 bits per heavy atom. The van der Waals surface area contributed by atoms with Crippen LogP contribution >= 0.6 is 0 Å². The van der Waals surface area contributed by atoms with E-state index in [1.807, 2.05) is 18.2 Å². The molecule has 0 unspecified atom stereocenters. The van der Waals surface area contributed by atoms with E-state index in [4.69, 9.17) is 14.7 Å². The second-order valence-corrected chi connectivity index (χ2v) is 3.27. The molecule has 1 aromatic carbocycles. The summed E-state index contributed by atoms with van der Waals surface area (Å²) in [6.07, 6.45) is 1.52. The molecular formula is C13H10N2O2. The van der Waals surface area contributed by atoms with E-state index in [-0.39, 0.29) is 0 Å². The lowest BCUT2D eigenvalue weighted by molar-refractivity contribution is 0.412. The summed E-state index contributed by atoms with van der Waals surface area (Å²) >= 11 is 0. The zero-order chi connectivity index (χ0) is 12.1. The number of ether oxygens (including phenoxy) is 2. The van der Waals surface area contributed by atoms with Crippen LogP contribution in [-0.2, 0) is 0 Å². The maximum absolute atomic E-state index is 8.61. The predicted octanol–water partition coefficient (Wildman–Crippen LogP) is 2.75. The Hall–Kier alpha value is -2.54. The maximum atomic E-state index is 8.61. The second-order valence-electron chi connectivity index (χ2n) is 3.27.